The first-order valence-corrected chi connectivity index (χ1v) is 11.5. The number of hydrogen-bond acceptors (Lipinski definition) is 5. The highest BCUT2D eigenvalue weighted by atomic mass is 35.5. The lowest BCUT2D eigenvalue weighted by Gasteiger charge is -2.17. The van der Waals surface area contributed by atoms with Gasteiger partial charge in [0.2, 0.25) is 0 Å². The molecule has 0 bridgehead atoms. The lowest BCUT2D eigenvalue weighted by Crippen LogP contribution is -2.32. The molecule has 0 saturated heterocycles. The SMILES string of the molecule is COC(=O)NCC1(c2ccc(C(=O)Nc3ccc(Cl)cc3C(=O)Nc3ccc(Cl)cn3)cc2)CC1. The zero-order valence-corrected chi connectivity index (χ0v) is 20.2. The van der Waals surface area contributed by atoms with Gasteiger partial charge in [0.05, 0.1) is 23.4 Å². The maximum Gasteiger partial charge on any atom is 0.406 e. The number of benzene rings is 2. The third kappa shape index (κ3) is 5.90. The van der Waals surface area contributed by atoms with Gasteiger partial charge < -0.3 is 20.7 Å². The number of pyridine rings is 1. The fraction of sp³-hybridized carbons (Fsp3) is 0.200. The summed E-state index contributed by atoms with van der Waals surface area (Å²) in [7, 11) is 1.33. The molecule has 1 aliphatic carbocycles. The molecule has 3 amide bonds. The number of rotatable bonds is 7. The standard InChI is InChI=1S/C25H22Cl2N4O4/c1-35-24(34)29-14-25(10-11-25)16-4-2-15(3-5-16)22(32)30-20-8-6-17(26)12-19(20)23(33)31-21-9-7-18(27)13-28-21/h2-9,12-13H,10-11,14H2,1H3,(H,29,34)(H,30,32)(H,28,31,33). The Hall–Kier alpha value is -3.62. The van der Waals surface area contributed by atoms with Gasteiger partial charge in [0.25, 0.3) is 11.8 Å². The number of alkyl carbamates (subject to hydrolysis) is 1. The van der Waals surface area contributed by atoms with E-state index in [9.17, 15) is 14.4 Å². The van der Waals surface area contributed by atoms with Crippen LogP contribution < -0.4 is 16.0 Å². The smallest absolute Gasteiger partial charge is 0.406 e. The summed E-state index contributed by atoms with van der Waals surface area (Å²) in [4.78, 5) is 41.2. The quantitative estimate of drug-likeness (QED) is 0.398. The molecule has 8 nitrogen and oxygen atoms in total. The van der Waals surface area contributed by atoms with Crippen molar-refractivity contribution in [2.75, 3.05) is 24.3 Å². The molecule has 1 saturated carbocycles. The maximum atomic E-state index is 12.9. The first-order chi connectivity index (χ1) is 16.8. The molecule has 4 rings (SSSR count). The van der Waals surface area contributed by atoms with E-state index in [4.69, 9.17) is 23.2 Å². The van der Waals surface area contributed by atoms with Crippen LogP contribution in [-0.4, -0.2) is 36.5 Å². The molecule has 10 heteroatoms. The number of aromatic nitrogens is 1. The van der Waals surface area contributed by atoms with Crippen molar-refractivity contribution in [3.05, 3.63) is 87.5 Å². The minimum absolute atomic E-state index is 0.139. The Bertz CT molecular complexity index is 1260. The number of nitrogens with one attached hydrogen (secondary N) is 3. The molecule has 0 spiro atoms. The highest BCUT2D eigenvalue weighted by Gasteiger charge is 2.44. The van der Waals surface area contributed by atoms with Crippen molar-refractivity contribution in [2.45, 2.75) is 18.3 Å². The zero-order valence-electron chi connectivity index (χ0n) is 18.7. The molecular weight excluding hydrogens is 491 g/mol. The predicted octanol–water partition coefficient (Wildman–Crippen LogP) is 5.28. The Kier molecular flexibility index (Phi) is 7.23. The first-order valence-electron chi connectivity index (χ1n) is 10.8. The summed E-state index contributed by atoms with van der Waals surface area (Å²) in [5.74, 6) is -0.556. The average molecular weight is 513 g/mol. The normalized spacial score (nSPS) is 13.5. The van der Waals surface area contributed by atoms with Gasteiger partial charge in [-0.05, 0) is 60.9 Å². The van der Waals surface area contributed by atoms with Gasteiger partial charge in [0, 0.05) is 28.7 Å². The summed E-state index contributed by atoms with van der Waals surface area (Å²) in [6, 6.07) is 15.0. The number of ether oxygens (including phenoxy) is 1. The Balaban J connectivity index is 1.46. The number of hydrogen-bond donors (Lipinski definition) is 3. The van der Waals surface area contributed by atoms with Crippen LogP contribution in [0.2, 0.25) is 10.0 Å². The van der Waals surface area contributed by atoms with E-state index in [0.29, 0.717) is 33.7 Å². The van der Waals surface area contributed by atoms with Gasteiger partial charge in [0.15, 0.2) is 0 Å². The van der Waals surface area contributed by atoms with E-state index < -0.39 is 12.0 Å². The number of carbonyl (C=O) groups excluding carboxylic acids is 3. The molecule has 0 atom stereocenters. The number of methoxy groups -OCH3 is 1. The van der Waals surface area contributed by atoms with Gasteiger partial charge in [-0.1, -0.05) is 35.3 Å². The number of carbonyl (C=O) groups is 3. The van der Waals surface area contributed by atoms with Gasteiger partial charge in [0.1, 0.15) is 5.82 Å². The van der Waals surface area contributed by atoms with Crippen LogP contribution in [0, 0.1) is 0 Å². The van der Waals surface area contributed by atoms with Crippen LogP contribution in [-0.2, 0) is 10.2 Å². The lowest BCUT2D eigenvalue weighted by atomic mass is 9.95. The van der Waals surface area contributed by atoms with Gasteiger partial charge in [-0.2, -0.15) is 0 Å². The molecule has 1 heterocycles. The molecule has 0 radical (unpaired) electrons. The molecule has 0 unspecified atom stereocenters. The van der Waals surface area contributed by atoms with Crippen LogP contribution in [0.4, 0.5) is 16.3 Å². The monoisotopic (exact) mass is 512 g/mol. The fourth-order valence-corrected chi connectivity index (χ4v) is 3.93. The van der Waals surface area contributed by atoms with Gasteiger partial charge in [-0.25, -0.2) is 9.78 Å². The summed E-state index contributed by atoms with van der Waals surface area (Å²) < 4.78 is 4.64. The van der Waals surface area contributed by atoms with E-state index in [2.05, 4.69) is 25.7 Å². The van der Waals surface area contributed by atoms with Crippen LogP contribution in [0.25, 0.3) is 0 Å². The fourth-order valence-electron chi connectivity index (χ4n) is 3.65. The highest BCUT2D eigenvalue weighted by molar-refractivity contribution is 6.31. The molecule has 180 valence electrons. The van der Waals surface area contributed by atoms with Crippen LogP contribution in [0.5, 0.6) is 0 Å². The molecule has 0 aliphatic heterocycles. The zero-order chi connectivity index (χ0) is 25.0. The van der Waals surface area contributed by atoms with E-state index in [1.165, 1.54) is 19.4 Å². The van der Waals surface area contributed by atoms with E-state index in [-0.39, 0.29) is 16.9 Å². The van der Waals surface area contributed by atoms with E-state index in [1.807, 2.05) is 12.1 Å². The van der Waals surface area contributed by atoms with Gasteiger partial charge >= 0.3 is 6.09 Å². The second-order valence-electron chi connectivity index (χ2n) is 8.16. The molecule has 1 aliphatic rings. The topological polar surface area (TPSA) is 109 Å². The predicted molar refractivity (Wildman–Crippen MR) is 134 cm³/mol. The first kappa shape index (κ1) is 24.5. The van der Waals surface area contributed by atoms with Crippen molar-refractivity contribution < 1.29 is 19.1 Å². The molecule has 2 aromatic carbocycles. The second-order valence-corrected chi connectivity index (χ2v) is 9.04. The van der Waals surface area contributed by atoms with Crippen molar-refractivity contribution in [3.8, 4) is 0 Å². The summed E-state index contributed by atoms with van der Waals surface area (Å²) in [6.07, 6.45) is 2.82. The second kappa shape index (κ2) is 10.3. The number of halogens is 2. The van der Waals surface area contributed by atoms with E-state index in [1.54, 1.807) is 36.4 Å². The summed E-state index contributed by atoms with van der Waals surface area (Å²) >= 11 is 11.9. The summed E-state index contributed by atoms with van der Waals surface area (Å²) in [5.41, 5.74) is 1.81. The molecule has 3 N–H and O–H groups in total. The number of nitrogens with zero attached hydrogens (tertiary/aromatic N) is 1. The molecule has 1 fully saturated rings. The summed E-state index contributed by atoms with van der Waals surface area (Å²) in [5, 5.41) is 8.97. The van der Waals surface area contributed by atoms with E-state index in [0.717, 1.165) is 18.4 Å². The molecular formula is C25H22Cl2N4O4. The average Bonchev–Trinajstić information content (AvgIpc) is 3.66. The van der Waals surface area contributed by atoms with Gasteiger partial charge in [-0.15, -0.1) is 0 Å². The molecule has 1 aromatic heterocycles. The largest absolute Gasteiger partial charge is 0.453 e. The van der Waals surface area contributed by atoms with Crippen LogP contribution in [0.1, 0.15) is 39.1 Å². The maximum absolute atomic E-state index is 12.9. The van der Waals surface area contributed by atoms with Gasteiger partial charge in [-0.3, -0.25) is 9.59 Å². The Labute approximate surface area is 212 Å². The van der Waals surface area contributed by atoms with Crippen molar-refractivity contribution >= 4 is 52.6 Å². The van der Waals surface area contributed by atoms with Crippen LogP contribution in [0.3, 0.4) is 0 Å². The van der Waals surface area contributed by atoms with Crippen molar-refractivity contribution in [2.24, 2.45) is 0 Å². The highest BCUT2D eigenvalue weighted by Crippen LogP contribution is 2.47. The van der Waals surface area contributed by atoms with Crippen LogP contribution >= 0.6 is 23.2 Å². The van der Waals surface area contributed by atoms with E-state index >= 15 is 0 Å². The Morgan fingerprint density at radius 2 is 1.66 bits per heavy atom. The Morgan fingerprint density at radius 3 is 2.29 bits per heavy atom. The van der Waals surface area contributed by atoms with Crippen molar-refractivity contribution in [1.29, 1.82) is 0 Å². The molecule has 3 aromatic rings. The minimum atomic E-state index is -0.484. The summed E-state index contributed by atoms with van der Waals surface area (Å²) in [6.45, 7) is 0.469. The van der Waals surface area contributed by atoms with Crippen molar-refractivity contribution in [3.63, 3.8) is 0 Å². The number of anilines is 2. The lowest BCUT2D eigenvalue weighted by molar-refractivity contribution is 0.102. The van der Waals surface area contributed by atoms with Crippen LogP contribution in [0.15, 0.2) is 60.8 Å². The third-order valence-electron chi connectivity index (χ3n) is 5.81. The minimum Gasteiger partial charge on any atom is -0.453 e. The number of amides is 3. The molecule has 35 heavy (non-hydrogen) atoms. The third-order valence-corrected chi connectivity index (χ3v) is 6.27. The van der Waals surface area contributed by atoms with Crippen molar-refractivity contribution in [1.82, 2.24) is 10.3 Å². The Morgan fingerprint density at radius 1 is 0.943 bits per heavy atom.